The summed E-state index contributed by atoms with van der Waals surface area (Å²) in [5, 5.41) is 7.99. The number of esters is 1. The van der Waals surface area contributed by atoms with E-state index in [2.05, 4.69) is 6.58 Å². The molecule has 0 heterocycles. The highest BCUT2D eigenvalue weighted by atomic mass is 16.5. The van der Waals surface area contributed by atoms with Crippen molar-refractivity contribution in [1.29, 1.82) is 0 Å². The average molecular weight is 230 g/mol. The van der Waals surface area contributed by atoms with Crippen LogP contribution in [0.4, 0.5) is 0 Å². The molecule has 0 saturated carbocycles. The van der Waals surface area contributed by atoms with Crippen LogP contribution in [-0.4, -0.2) is 23.7 Å². The number of aliphatic carboxylic acids is 1. The van der Waals surface area contributed by atoms with E-state index in [1.807, 2.05) is 6.92 Å². The van der Waals surface area contributed by atoms with E-state index in [0.29, 0.717) is 13.0 Å². The summed E-state index contributed by atoms with van der Waals surface area (Å²) in [5.41, 5.74) is 0. The van der Waals surface area contributed by atoms with Gasteiger partial charge in [0.05, 0.1) is 5.92 Å². The Kier molecular flexibility index (Phi) is 12.6. The Morgan fingerprint density at radius 2 is 1.94 bits per heavy atom. The highest BCUT2D eigenvalue weighted by Crippen LogP contribution is 1.95. The van der Waals surface area contributed by atoms with Gasteiger partial charge in [-0.05, 0) is 6.42 Å². The Labute approximate surface area is 97.3 Å². The third-order valence-corrected chi connectivity index (χ3v) is 1.59. The van der Waals surface area contributed by atoms with Crippen LogP contribution in [0.15, 0.2) is 12.7 Å². The highest BCUT2D eigenvalue weighted by molar-refractivity contribution is 5.69. The summed E-state index contributed by atoms with van der Waals surface area (Å²) in [6, 6.07) is 0. The van der Waals surface area contributed by atoms with E-state index in [1.165, 1.54) is 0 Å². The Morgan fingerprint density at radius 3 is 2.25 bits per heavy atom. The van der Waals surface area contributed by atoms with Crippen LogP contribution in [0.25, 0.3) is 0 Å². The van der Waals surface area contributed by atoms with Crippen LogP contribution in [0.1, 0.15) is 40.0 Å². The molecule has 0 aromatic carbocycles. The van der Waals surface area contributed by atoms with Gasteiger partial charge in [0, 0.05) is 6.42 Å². The molecule has 0 aliphatic rings. The zero-order chi connectivity index (χ0) is 13.0. The first-order valence-corrected chi connectivity index (χ1v) is 5.45. The molecule has 0 aromatic heterocycles. The Morgan fingerprint density at radius 1 is 1.44 bits per heavy atom. The van der Waals surface area contributed by atoms with Crippen molar-refractivity contribution in [3.05, 3.63) is 12.7 Å². The molecule has 0 radical (unpaired) electrons. The van der Waals surface area contributed by atoms with Gasteiger partial charge in [-0.1, -0.05) is 39.8 Å². The molecular weight excluding hydrogens is 208 g/mol. The van der Waals surface area contributed by atoms with Crippen LogP contribution in [0.5, 0.6) is 0 Å². The smallest absolute Gasteiger partial charge is 0.306 e. The first-order chi connectivity index (χ1) is 7.45. The summed E-state index contributed by atoms with van der Waals surface area (Å²) in [6.07, 6.45) is 4.05. The molecule has 4 heteroatoms. The van der Waals surface area contributed by atoms with Gasteiger partial charge in [-0.2, -0.15) is 0 Å². The van der Waals surface area contributed by atoms with Gasteiger partial charge in [0.1, 0.15) is 6.61 Å². The van der Waals surface area contributed by atoms with Gasteiger partial charge in [0.2, 0.25) is 0 Å². The lowest BCUT2D eigenvalue weighted by Gasteiger charge is -1.98. The number of carboxylic acid groups (broad SMARTS) is 1. The van der Waals surface area contributed by atoms with E-state index in [1.54, 1.807) is 19.9 Å². The summed E-state index contributed by atoms with van der Waals surface area (Å²) >= 11 is 0. The van der Waals surface area contributed by atoms with E-state index in [9.17, 15) is 9.59 Å². The highest BCUT2D eigenvalue weighted by Gasteiger charge is 1.99. The average Bonchev–Trinajstić information content (AvgIpc) is 2.24. The number of carboxylic acids is 1. The maximum absolute atomic E-state index is 10.7. The largest absolute Gasteiger partial charge is 0.481 e. The fraction of sp³-hybridized carbons (Fsp3) is 0.667. The van der Waals surface area contributed by atoms with E-state index in [4.69, 9.17) is 9.84 Å². The van der Waals surface area contributed by atoms with Gasteiger partial charge in [0.15, 0.2) is 0 Å². The molecule has 94 valence electrons. The fourth-order valence-corrected chi connectivity index (χ4v) is 0.545. The maximum Gasteiger partial charge on any atom is 0.306 e. The second-order valence-electron chi connectivity index (χ2n) is 3.57. The van der Waals surface area contributed by atoms with Gasteiger partial charge in [-0.15, -0.1) is 0 Å². The van der Waals surface area contributed by atoms with Crippen molar-refractivity contribution in [1.82, 2.24) is 0 Å². The van der Waals surface area contributed by atoms with Crippen molar-refractivity contribution in [2.75, 3.05) is 6.61 Å². The molecule has 0 spiro atoms. The predicted octanol–water partition coefficient (Wildman–Crippen LogP) is 2.63. The molecular formula is C12H22O4. The summed E-state index contributed by atoms with van der Waals surface area (Å²) in [4.78, 5) is 20.4. The lowest BCUT2D eigenvalue weighted by Crippen LogP contribution is -2.03. The molecule has 0 bridgehead atoms. The van der Waals surface area contributed by atoms with Gasteiger partial charge >= 0.3 is 11.9 Å². The van der Waals surface area contributed by atoms with Crippen LogP contribution >= 0.6 is 0 Å². The molecule has 16 heavy (non-hydrogen) atoms. The van der Waals surface area contributed by atoms with E-state index >= 15 is 0 Å². The second-order valence-corrected chi connectivity index (χ2v) is 3.57. The lowest BCUT2D eigenvalue weighted by atomic mass is 10.2. The number of ether oxygens (including phenoxy) is 1. The molecule has 1 N–H and O–H groups in total. The normalized spacial score (nSPS) is 9.00. The van der Waals surface area contributed by atoms with Crippen LogP contribution in [0, 0.1) is 5.92 Å². The van der Waals surface area contributed by atoms with Gasteiger partial charge in [0.25, 0.3) is 0 Å². The third kappa shape index (κ3) is 15.2. The molecule has 0 amide bonds. The van der Waals surface area contributed by atoms with Crippen molar-refractivity contribution >= 4 is 11.9 Å². The van der Waals surface area contributed by atoms with Gasteiger partial charge in [-0.3, -0.25) is 9.59 Å². The predicted molar refractivity (Wildman–Crippen MR) is 63.2 cm³/mol. The maximum atomic E-state index is 10.7. The van der Waals surface area contributed by atoms with Crippen molar-refractivity contribution in [2.45, 2.75) is 40.0 Å². The number of carbonyl (C=O) groups excluding carboxylic acids is 1. The molecule has 0 unspecified atom stereocenters. The number of unbranched alkanes of at least 4 members (excludes halogenated alkanes) is 1. The number of carbonyl (C=O) groups is 2. The molecule has 0 atom stereocenters. The first kappa shape index (κ1) is 17.1. The van der Waals surface area contributed by atoms with E-state index in [0.717, 1.165) is 12.8 Å². The summed E-state index contributed by atoms with van der Waals surface area (Å²) in [6.45, 7) is 9.10. The number of hydrogen-bond donors (Lipinski definition) is 1. The Bertz CT molecular complexity index is 209. The number of hydrogen-bond acceptors (Lipinski definition) is 3. The minimum absolute atomic E-state index is 0.123. The standard InChI is InChI=1S/C8H14O2.C4H8O2/c1-3-5-6-8(9)10-7-4-2;1-3(2)4(5)6/h4H,2-3,5-7H2,1H3;3H,1-2H3,(H,5,6). The zero-order valence-corrected chi connectivity index (χ0v) is 10.4. The second kappa shape index (κ2) is 11.8. The molecule has 0 fully saturated rings. The molecule has 0 aliphatic heterocycles. The summed E-state index contributed by atoms with van der Waals surface area (Å²) in [5.74, 6) is -1.10. The number of rotatable bonds is 6. The minimum atomic E-state index is -0.741. The van der Waals surface area contributed by atoms with Crippen molar-refractivity contribution in [3.63, 3.8) is 0 Å². The van der Waals surface area contributed by atoms with Crippen LogP contribution < -0.4 is 0 Å². The van der Waals surface area contributed by atoms with Crippen molar-refractivity contribution in [3.8, 4) is 0 Å². The minimum Gasteiger partial charge on any atom is -0.481 e. The Hall–Kier alpha value is -1.32. The lowest BCUT2D eigenvalue weighted by molar-refractivity contribution is -0.142. The van der Waals surface area contributed by atoms with Gasteiger partial charge in [-0.25, -0.2) is 0 Å². The van der Waals surface area contributed by atoms with E-state index < -0.39 is 5.97 Å². The van der Waals surface area contributed by atoms with Gasteiger partial charge < -0.3 is 9.84 Å². The summed E-state index contributed by atoms with van der Waals surface area (Å²) < 4.78 is 4.74. The molecule has 0 rings (SSSR count). The third-order valence-electron chi connectivity index (χ3n) is 1.59. The van der Waals surface area contributed by atoms with Crippen molar-refractivity contribution in [2.24, 2.45) is 5.92 Å². The molecule has 0 saturated heterocycles. The summed E-state index contributed by atoms with van der Waals surface area (Å²) in [7, 11) is 0. The monoisotopic (exact) mass is 230 g/mol. The topological polar surface area (TPSA) is 63.6 Å². The quantitative estimate of drug-likeness (QED) is 0.562. The van der Waals surface area contributed by atoms with Crippen LogP contribution in [0.2, 0.25) is 0 Å². The van der Waals surface area contributed by atoms with E-state index in [-0.39, 0.29) is 11.9 Å². The first-order valence-electron chi connectivity index (χ1n) is 5.45. The SMILES string of the molecule is C=CCOC(=O)CCCC.CC(C)C(=O)O. The fourth-order valence-electron chi connectivity index (χ4n) is 0.545. The zero-order valence-electron chi connectivity index (χ0n) is 10.4. The molecule has 0 aliphatic carbocycles. The molecule has 4 nitrogen and oxygen atoms in total. The Balaban J connectivity index is 0. The van der Waals surface area contributed by atoms with Crippen LogP contribution in [-0.2, 0) is 14.3 Å². The molecule has 0 aromatic rings. The van der Waals surface area contributed by atoms with Crippen molar-refractivity contribution < 1.29 is 19.4 Å². The van der Waals surface area contributed by atoms with Crippen LogP contribution in [0.3, 0.4) is 0 Å².